The van der Waals surface area contributed by atoms with E-state index in [1.54, 1.807) is 26.0 Å². The van der Waals surface area contributed by atoms with Crippen molar-refractivity contribution in [2.75, 3.05) is 13.2 Å². The van der Waals surface area contributed by atoms with Crippen molar-refractivity contribution in [1.29, 1.82) is 0 Å². The molecule has 0 aromatic heterocycles. The molecule has 0 saturated heterocycles. The molecule has 4 unspecified atom stereocenters. The molecule has 0 bridgehead atoms. The molecule has 4 atom stereocenters. The predicted octanol–water partition coefficient (Wildman–Crippen LogP) is 2.40. The maximum atomic E-state index is 12.6. The van der Waals surface area contributed by atoms with E-state index in [1.165, 1.54) is 6.92 Å². The highest BCUT2D eigenvalue weighted by Crippen LogP contribution is 2.42. The first-order chi connectivity index (χ1) is 12.8. The van der Waals surface area contributed by atoms with Crippen molar-refractivity contribution < 1.29 is 29.0 Å². The van der Waals surface area contributed by atoms with Crippen molar-refractivity contribution in [1.82, 2.24) is 0 Å². The van der Waals surface area contributed by atoms with Gasteiger partial charge in [0, 0.05) is 12.3 Å². The lowest BCUT2D eigenvalue weighted by Gasteiger charge is -2.42. The van der Waals surface area contributed by atoms with Crippen molar-refractivity contribution in [2.45, 2.75) is 32.8 Å². The lowest BCUT2D eigenvalue weighted by Crippen LogP contribution is -2.55. The number of Topliss-reactive ketones (excluding diaryl/α,β-unsaturated/α-hetero) is 1. The maximum absolute atomic E-state index is 12.6. The summed E-state index contributed by atoms with van der Waals surface area (Å²) < 4.78 is 10.2. The number of ketones is 1. The minimum atomic E-state index is -1.61. The summed E-state index contributed by atoms with van der Waals surface area (Å²) in [5.74, 6) is -4.83. The van der Waals surface area contributed by atoms with Gasteiger partial charge >= 0.3 is 11.9 Å². The Hall–Kier alpha value is -2.47. The molecule has 1 aliphatic rings. The summed E-state index contributed by atoms with van der Waals surface area (Å²) in [5.41, 5.74) is -0.765. The fraction of sp³-hybridized carbons (Fsp3) is 0.476. The van der Waals surface area contributed by atoms with E-state index in [0.29, 0.717) is 0 Å². The van der Waals surface area contributed by atoms with E-state index in [-0.39, 0.29) is 19.6 Å². The van der Waals surface area contributed by atoms with Crippen molar-refractivity contribution in [3.8, 4) is 0 Å². The van der Waals surface area contributed by atoms with E-state index in [4.69, 9.17) is 9.47 Å². The fourth-order valence-corrected chi connectivity index (χ4v) is 3.57. The Balaban J connectivity index is 2.48. The summed E-state index contributed by atoms with van der Waals surface area (Å²) in [7, 11) is 0. The molecule has 0 amide bonds. The van der Waals surface area contributed by atoms with Gasteiger partial charge in [-0.2, -0.15) is 0 Å². The molecule has 146 valence electrons. The van der Waals surface area contributed by atoms with Gasteiger partial charge in [0.1, 0.15) is 5.92 Å². The number of carbonyl (C=O) groups is 3. The highest BCUT2D eigenvalue weighted by molar-refractivity contribution is 6.02. The van der Waals surface area contributed by atoms with Crippen LogP contribution in [0.25, 0.3) is 6.08 Å². The standard InChI is InChI=1S/C21H26O6/c1-4-26-19(23)17-15(12-11-14-9-7-6-8-10-14)18(20(24)27-5-2)21(3,25)13-16(17)22/h6-12,15,17-18,25H,4-5,13H2,1-3H3. The highest BCUT2D eigenvalue weighted by atomic mass is 16.5. The molecule has 6 heteroatoms. The predicted molar refractivity (Wildman–Crippen MR) is 99.5 cm³/mol. The van der Waals surface area contributed by atoms with Gasteiger partial charge in [0.05, 0.1) is 24.7 Å². The summed E-state index contributed by atoms with van der Waals surface area (Å²) in [6.45, 7) is 5.01. The summed E-state index contributed by atoms with van der Waals surface area (Å²) in [6, 6.07) is 9.30. The monoisotopic (exact) mass is 374 g/mol. The van der Waals surface area contributed by atoms with Crippen LogP contribution in [0.1, 0.15) is 32.8 Å². The van der Waals surface area contributed by atoms with Crippen LogP contribution < -0.4 is 0 Å². The molecule has 27 heavy (non-hydrogen) atoms. The van der Waals surface area contributed by atoms with Crippen LogP contribution >= 0.6 is 0 Å². The molecule has 1 aromatic rings. The number of rotatable bonds is 6. The Bertz CT molecular complexity index is 707. The van der Waals surface area contributed by atoms with E-state index in [1.807, 2.05) is 30.3 Å². The van der Waals surface area contributed by atoms with Crippen LogP contribution in [0.2, 0.25) is 0 Å². The number of esters is 2. The minimum absolute atomic E-state index is 0.123. The lowest BCUT2D eigenvalue weighted by atomic mass is 9.63. The number of carbonyl (C=O) groups excluding carboxylic acids is 3. The Morgan fingerprint density at radius 2 is 1.74 bits per heavy atom. The number of allylic oxidation sites excluding steroid dienone is 1. The van der Waals surface area contributed by atoms with E-state index in [9.17, 15) is 19.5 Å². The van der Waals surface area contributed by atoms with Crippen LogP contribution in [0.15, 0.2) is 36.4 Å². The zero-order valence-corrected chi connectivity index (χ0v) is 15.9. The number of hydrogen-bond donors (Lipinski definition) is 1. The van der Waals surface area contributed by atoms with Crippen molar-refractivity contribution in [3.63, 3.8) is 0 Å². The molecule has 1 aromatic carbocycles. The van der Waals surface area contributed by atoms with Crippen LogP contribution in [-0.2, 0) is 23.9 Å². The van der Waals surface area contributed by atoms with E-state index < -0.39 is 41.1 Å². The highest BCUT2D eigenvalue weighted by Gasteiger charge is 2.55. The Morgan fingerprint density at radius 1 is 1.15 bits per heavy atom. The maximum Gasteiger partial charge on any atom is 0.317 e. The van der Waals surface area contributed by atoms with Crippen LogP contribution in [-0.4, -0.2) is 41.6 Å². The third-order valence-corrected chi connectivity index (χ3v) is 4.71. The Morgan fingerprint density at radius 3 is 2.33 bits per heavy atom. The average molecular weight is 374 g/mol. The van der Waals surface area contributed by atoms with Crippen LogP contribution in [0.5, 0.6) is 0 Å². The van der Waals surface area contributed by atoms with Crippen molar-refractivity contribution >= 4 is 23.8 Å². The smallest absolute Gasteiger partial charge is 0.317 e. The van der Waals surface area contributed by atoms with Gasteiger partial charge in [0.2, 0.25) is 0 Å². The fourth-order valence-electron chi connectivity index (χ4n) is 3.57. The molecule has 0 aliphatic heterocycles. The first kappa shape index (κ1) is 20.8. The van der Waals surface area contributed by atoms with Gasteiger partial charge in [-0.05, 0) is 26.3 Å². The molecule has 6 nitrogen and oxygen atoms in total. The second kappa shape index (κ2) is 8.95. The van der Waals surface area contributed by atoms with E-state index in [2.05, 4.69) is 0 Å². The largest absolute Gasteiger partial charge is 0.466 e. The normalized spacial score (nSPS) is 28.1. The number of ether oxygens (including phenoxy) is 2. The van der Waals surface area contributed by atoms with Crippen molar-refractivity contribution in [3.05, 3.63) is 42.0 Å². The number of benzene rings is 1. The molecule has 1 aliphatic carbocycles. The molecule has 2 rings (SSSR count). The molecular weight excluding hydrogens is 348 g/mol. The number of hydrogen-bond acceptors (Lipinski definition) is 6. The van der Waals surface area contributed by atoms with Gasteiger partial charge in [-0.15, -0.1) is 0 Å². The third kappa shape index (κ3) is 4.83. The summed E-state index contributed by atoms with van der Waals surface area (Å²) >= 11 is 0. The molecule has 1 fully saturated rings. The lowest BCUT2D eigenvalue weighted by molar-refractivity contribution is -0.174. The zero-order chi connectivity index (χ0) is 20.0. The topological polar surface area (TPSA) is 89.9 Å². The van der Waals surface area contributed by atoms with Crippen LogP contribution in [0.4, 0.5) is 0 Å². The second-order valence-corrected chi connectivity index (χ2v) is 6.81. The molecule has 0 radical (unpaired) electrons. The molecule has 0 spiro atoms. The Kier molecular flexibility index (Phi) is 6.91. The first-order valence-electron chi connectivity index (χ1n) is 9.13. The van der Waals surface area contributed by atoms with Gasteiger partial charge in [-0.1, -0.05) is 42.5 Å². The minimum Gasteiger partial charge on any atom is -0.466 e. The van der Waals surface area contributed by atoms with Gasteiger partial charge in [0.15, 0.2) is 5.78 Å². The first-order valence-corrected chi connectivity index (χ1v) is 9.13. The quantitative estimate of drug-likeness (QED) is 0.607. The van der Waals surface area contributed by atoms with Gasteiger partial charge in [0.25, 0.3) is 0 Å². The van der Waals surface area contributed by atoms with Crippen LogP contribution in [0.3, 0.4) is 0 Å². The molecule has 1 N–H and O–H groups in total. The summed E-state index contributed by atoms with van der Waals surface area (Å²) in [6.07, 6.45) is 3.05. The number of aliphatic hydroxyl groups is 1. The Labute approximate surface area is 159 Å². The average Bonchev–Trinajstić information content (AvgIpc) is 2.59. The summed E-state index contributed by atoms with van der Waals surface area (Å²) in [5, 5.41) is 10.8. The van der Waals surface area contributed by atoms with E-state index in [0.717, 1.165) is 5.56 Å². The molecular formula is C21H26O6. The third-order valence-electron chi connectivity index (χ3n) is 4.71. The van der Waals surface area contributed by atoms with Gasteiger partial charge in [-0.25, -0.2) is 0 Å². The molecule has 0 heterocycles. The SMILES string of the molecule is CCOC(=O)C1C(=O)CC(C)(O)C(C(=O)OCC)C1C=Cc1ccccc1. The molecule has 1 saturated carbocycles. The van der Waals surface area contributed by atoms with Crippen molar-refractivity contribution in [2.24, 2.45) is 17.8 Å². The van der Waals surface area contributed by atoms with Crippen LogP contribution in [0, 0.1) is 17.8 Å². The zero-order valence-electron chi connectivity index (χ0n) is 15.9. The second-order valence-electron chi connectivity index (χ2n) is 6.81. The van der Waals surface area contributed by atoms with E-state index >= 15 is 0 Å². The summed E-state index contributed by atoms with van der Waals surface area (Å²) in [4.78, 5) is 37.7. The van der Waals surface area contributed by atoms with Gasteiger partial charge < -0.3 is 14.6 Å². The van der Waals surface area contributed by atoms with Gasteiger partial charge in [-0.3, -0.25) is 14.4 Å².